The molecule has 0 bridgehead atoms. The summed E-state index contributed by atoms with van der Waals surface area (Å²) in [6, 6.07) is 11.7. The molecular formula is C15H15IN2O. The second-order valence-corrected chi connectivity index (χ2v) is 5.58. The third-order valence-corrected chi connectivity index (χ3v) is 4.04. The lowest BCUT2D eigenvalue weighted by molar-refractivity contribution is -0.115. The third-order valence-electron chi connectivity index (χ3n) is 2.90. The number of hydrogen-bond acceptors (Lipinski definition) is 2. The summed E-state index contributed by atoms with van der Waals surface area (Å²) in [5.41, 5.74) is 3.10. The first-order valence-electron chi connectivity index (χ1n) is 6.04. The minimum Gasteiger partial charge on any atom is -0.310 e. The number of amides is 1. The second kappa shape index (κ2) is 6.14. The van der Waals surface area contributed by atoms with E-state index < -0.39 is 0 Å². The summed E-state index contributed by atoms with van der Waals surface area (Å²) in [7, 11) is 0. The molecule has 0 saturated carbocycles. The SMILES string of the molecule is Cc1ccccc1CC(=O)Nc1ccc(I)c(C)n1. The zero-order chi connectivity index (χ0) is 13.8. The molecule has 0 unspecified atom stereocenters. The third kappa shape index (κ3) is 3.76. The number of rotatable bonds is 3. The number of aryl methyl sites for hydroxylation is 2. The maximum Gasteiger partial charge on any atom is 0.229 e. The lowest BCUT2D eigenvalue weighted by atomic mass is 10.1. The Bertz CT molecular complexity index is 611. The highest BCUT2D eigenvalue weighted by atomic mass is 127. The van der Waals surface area contributed by atoms with Gasteiger partial charge in [-0.2, -0.15) is 0 Å². The molecule has 98 valence electrons. The number of nitrogens with one attached hydrogen (secondary N) is 1. The number of halogens is 1. The summed E-state index contributed by atoms with van der Waals surface area (Å²) >= 11 is 2.22. The topological polar surface area (TPSA) is 42.0 Å². The fourth-order valence-electron chi connectivity index (χ4n) is 1.78. The van der Waals surface area contributed by atoms with E-state index in [1.807, 2.05) is 50.2 Å². The molecule has 0 radical (unpaired) electrons. The largest absolute Gasteiger partial charge is 0.310 e. The van der Waals surface area contributed by atoms with Crippen LogP contribution in [-0.4, -0.2) is 10.9 Å². The van der Waals surface area contributed by atoms with Gasteiger partial charge < -0.3 is 5.32 Å². The van der Waals surface area contributed by atoms with Crippen molar-refractivity contribution in [3.63, 3.8) is 0 Å². The van der Waals surface area contributed by atoms with E-state index in [-0.39, 0.29) is 5.91 Å². The maximum absolute atomic E-state index is 12.0. The molecule has 1 aromatic carbocycles. The van der Waals surface area contributed by atoms with Crippen molar-refractivity contribution < 1.29 is 4.79 Å². The van der Waals surface area contributed by atoms with Crippen molar-refractivity contribution in [2.45, 2.75) is 20.3 Å². The molecule has 4 heteroatoms. The van der Waals surface area contributed by atoms with E-state index in [2.05, 4.69) is 32.9 Å². The van der Waals surface area contributed by atoms with Crippen molar-refractivity contribution >= 4 is 34.3 Å². The molecule has 0 atom stereocenters. The lowest BCUT2D eigenvalue weighted by Gasteiger charge is -2.07. The number of benzene rings is 1. The predicted molar refractivity (Wildman–Crippen MR) is 85.2 cm³/mol. The van der Waals surface area contributed by atoms with E-state index in [0.29, 0.717) is 12.2 Å². The molecule has 0 aliphatic heterocycles. The van der Waals surface area contributed by atoms with Crippen LogP contribution < -0.4 is 5.32 Å². The molecule has 2 aromatic rings. The standard InChI is InChI=1S/C15H15IN2O/c1-10-5-3-4-6-12(10)9-15(19)18-14-8-7-13(16)11(2)17-14/h3-8H,9H2,1-2H3,(H,17,18,19). The quantitative estimate of drug-likeness (QED) is 0.846. The van der Waals surface area contributed by atoms with Crippen LogP contribution in [0.3, 0.4) is 0 Å². The summed E-state index contributed by atoms with van der Waals surface area (Å²) in [4.78, 5) is 16.3. The van der Waals surface area contributed by atoms with Gasteiger partial charge in [0.15, 0.2) is 0 Å². The zero-order valence-corrected chi connectivity index (χ0v) is 13.1. The Morgan fingerprint density at radius 2 is 1.95 bits per heavy atom. The molecule has 19 heavy (non-hydrogen) atoms. The first-order chi connectivity index (χ1) is 9.06. The predicted octanol–water partition coefficient (Wildman–Crippen LogP) is 3.48. The molecular weight excluding hydrogens is 351 g/mol. The number of carbonyl (C=O) groups is 1. The van der Waals surface area contributed by atoms with Crippen LogP contribution in [0.1, 0.15) is 16.8 Å². The van der Waals surface area contributed by atoms with Gasteiger partial charge in [-0.3, -0.25) is 4.79 Å². The van der Waals surface area contributed by atoms with Gasteiger partial charge in [0, 0.05) is 3.57 Å². The Balaban J connectivity index is 2.05. The number of nitrogens with zero attached hydrogens (tertiary/aromatic N) is 1. The van der Waals surface area contributed by atoms with E-state index in [0.717, 1.165) is 20.4 Å². The molecule has 0 saturated heterocycles. The Labute approximate surface area is 126 Å². The van der Waals surface area contributed by atoms with Gasteiger partial charge in [-0.25, -0.2) is 4.98 Å². The molecule has 1 heterocycles. The lowest BCUT2D eigenvalue weighted by Crippen LogP contribution is -2.16. The monoisotopic (exact) mass is 366 g/mol. The number of aromatic nitrogens is 1. The number of anilines is 1. The average Bonchev–Trinajstić information content (AvgIpc) is 2.37. The van der Waals surface area contributed by atoms with Crippen LogP contribution >= 0.6 is 22.6 Å². The summed E-state index contributed by atoms with van der Waals surface area (Å²) in [6.07, 6.45) is 0.374. The molecule has 1 amide bonds. The minimum absolute atomic E-state index is 0.0394. The Kier molecular flexibility index (Phi) is 4.52. The van der Waals surface area contributed by atoms with Crippen molar-refractivity contribution in [3.8, 4) is 0 Å². The zero-order valence-electron chi connectivity index (χ0n) is 10.9. The van der Waals surface area contributed by atoms with Crippen molar-refractivity contribution in [3.05, 3.63) is 56.8 Å². The molecule has 0 aliphatic carbocycles. The van der Waals surface area contributed by atoms with Gasteiger partial charge in [0.25, 0.3) is 0 Å². The summed E-state index contributed by atoms with van der Waals surface area (Å²) in [5.74, 6) is 0.568. The smallest absolute Gasteiger partial charge is 0.229 e. The van der Waals surface area contributed by atoms with Gasteiger partial charge >= 0.3 is 0 Å². The first-order valence-corrected chi connectivity index (χ1v) is 7.11. The highest BCUT2D eigenvalue weighted by Gasteiger charge is 2.07. The minimum atomic E-state index is -0.0394. The molecule has 2 rings (SSSR count). The van der Waals surface area contributed by atoms with Crippen molar-refractivity contribution in [1.82, 2.24) is 4.98 Å². The van der Waals surface area contributed by atoms with Crippen LogP contribution in [0.2, 0.25) is 0 Å². The molecule has 1 N–H and O–H groups in total. The molecule has 1 aromatic heterocycles. The highest BCUT2D eigenvalue weighted by Crippen LogP contribution is 2.13. The van der Waals surface area contributed by atoms with E-state index in [1.165, 1.54) is 0 Å². The van der Waals surface area contributed by atoms with E-state index >= 15 is 0 Å². The van der Waals surface area contributed by atoms with Crippen LogP contribution in [0.4, 0.5) is 5.82 Å². The van der Waals surface area contributed by atoms with Crippen molar-refractivity contribution in [2.24, 2.45) is 0 Å². The molecule has 0 fully saturated rings. The molecule has 0 spiro atoms. The highest BCUT2D eigenvalue weighted by molar-refractivity contribution is 14.1. The molecule has 3 nitrogen and oxygen atoms in total. The number of pyridine rings is 1. The Morgan fingerprint density at radius 1 is 1.21 bits per heavy atom. The van der Waals surface area contributed by atoms with Crippen LogP contribution in [0.25, 0.3) is 0 Å². The Hall–Kier alpha value is -1.43. The van der Waals surface area contributed by atoms with Crippen LogP contribution in [0, 0.1) is 17.4 Å². The Morgan fingerprint density at radius 3 is 2.63 bits per heavy atom. The molecule has 0 aliphatic rings. The van der Waals surface area contributed by atoms with Crippen molar-refractivity contribution in [1.29, 1.82) is 0 Å². The maximum atomic E-state index is 12.0. The summed E-state index contributed by atoms with van der Waals surface area (Å²) < 4.78 is 1.09. The van der Waals surface area contributed by atoms with Crippen molar-refractivity contribution in [2.75, 3.05) is 5.32 Å². The van der Waals surface area contributed by atoms with Gasteiger partial charge in [0.1, 0.15) is 5.82 Å². The normalized spacial score (nSPS) is 10.3. The van der Waals surface area contributed by atoms with E-state index in [1.54, 1.807) is 0 Å². The second-order valence-electron chi connectivity index (χ2n) is 4.42. The summed E-state index contributed by atoms with van der Waals surface area (Å²) in [5, 5.41) is 2.83. The van der Waals surface area contributed by atoms with Gasteiger partial charge in [-0.15, -0.1) is 0 Å². The van der Waals surface area contributed by atoms with Gasteiger partial charge in [0.05, 0.1) is 12.1 Å². The van der Waals surface area contributed by atoms with Crippen LogP contribution in [0.15, 0.2) is 36.4 Å². The summed E-state index contributed by atoms with van der Waals surface area (Å²) in [6.45, 7) is 3.94. The van der Waals surface area contributed by atoms with Gasteiger partial charge in [-0.1, -0.05) is 24.3 Å². The van der Waals surface area contributed by atoms with E-state index in [9.17, 15) is 4.79 Å². The number of carbonyl (C=O) groups excluding carboxylic acids is 1. The first kappa shape index (κ1) is 14.0. The average molecular weight is 366 g/mol. The van der Waals surface area contributed by atoms with Gasteiger partial charge in [0.2, 0.25) is 5.91 Å². The van der Waals surface area contributed by atoms with Crippen LogP contribution in [0.5, 0.6) is 0 Å². The van der Waals surface area contributed by atoms with Gasteiger partial charge in [-0.05, 0) is 59.7 Å². The fraction of sp³-hybridized carbons (Fsp3) is 0.200. The fourth-order valence-corrected chi connectivity index (χ4v) is 2.08. The van der Waals surface area contributed by atoms with Crippen LogP contribution in [-0.2, 0) is 11.2 Å². The number of hydrogen-bond donors (Lipinski definition) is 1. The van der Waals surface area contributed by atoms with E-state index in [4.69, 9.17) is 0 Å².